The van der Waals surface area contributed by atoms with E-state index >= 15 is 0 Å². The molecule has 0 atom stereocenters. The lowest BCUT2D eigenvalue weighted by Gasteiger charge is -1.98. The van der Waals surface area contributed by atoms with Gasteiger partial charge >= 0.3 is 5.97 Å². The lowest BCUT2D eigenvalue weighted by molar-refractivity contribution is -0.131. The Hall–Kier alpha value is -2.36. The number of hydrogen-bond acceptors (Lipinski definition) is 2. The molecule has 0 bridgehead atoms. The van der Waals surface area contributed by atoms with Crippen molar-refractivity contribution in [3.63, 3.8) is 0 Å². The fourth-order valence-corrected chi connectivity index (χ4v) is 2.31. The lowest BCUT2D eigenvalue weighted by Crippen LogP contribution is -2.13. The summed E-state index contributed by atoms with van der Waals surface area (Å²) in [5.74, 6) is -2.26. The summed E-state index contributed by atoms with van der Waals surface area (Å²) in [6.45, 7) is 0.683. The molecule has 1 aliphatic rings. The van der Waals surface area contributed by atoms with Gasteiger partial charge in [0.15, 0.2) is 0 Å². The molecule has 2 aromatic rings. The van der Waals surface area contributed by atoms with Crippen molar-refractivity contribution in [2.75, 3.05) is 0 Å². The van der Waals surface area contributed by atoms with E-state index in [0.29, 0.717) is 23.2 Å². The summed E-state index contributed by atoms with van der Waals surface area (Å²) in [6.07, 6.45) is 3.72. The molecule has 1 N–H and O–H groups in total. The first kappa shape index (κ1) is 9.84. The number of rotatable bonds is 2. The second kappa shape index (κ2) is 3.31. The van der Waals surface area contributed by atoms with Crippen molar-refractivity contribution in [3.05, 3.63) is 41.6 Å². The van der Waals surface area contributed by atoms with Crippen LogP contribution in [-0.2, 0) is 11.3 Å². The Morgan fingerprint density at radius 3 is 2.76 bits per heavy atom. The van der Waals surface area contributed by atoms with Crippen molar-refractivity contribution < 1.29 is 14.7 Å². The Morgan fingerprint density at radius 1 is 1.24 bits per heavy atom. The first-order chi connectivity index (χ1) is 8.20. The number of ketones is 1. The smallest absolute Gasteiger partial charge is 0.377 e. The van der Waals surface area contributed by atoms with E-state index in [0.717, 1.165) is 5.52 Å². The van der Waals surface area contributed by atoms with Crippen LogP contribution in [0.15, 0.2) is 30.3 Å². The third kappa shape index (κ3) is 1.24. The van der Waals surface area contributed by atoms with Gasteiger partial charge in [-0.2, -0.15) is 0 Å². The molecule has 0 fully saturated rings. The minimum absolute atomic E-state index is 0.293. The maximum Gasteiger partial charge on any atom is 0.377 e. The number of benzene rings is 1. The van der Waals surface area contributed by atoms with Crippen LogP contribution in [0.1, 0.15) is 16.1 Å². The van der Waals surface area contributed by atoms with Gasteiger partial charge in [-0.05, 0) is 12.1 Å². The Balaban J connectivity index is 2.40. The highest BCUT2D eigenvalue weighted by Gasteiger charge is 2.26. The van der Waals surface area contributed by atoms with Crippen LogP contribution in [-0.4, -0.2) is 21.4 Å². The van der Waals surface area contributed by atoms with Crippen molar-refractivity contribution in [1.82, 2.24) is 4.57 Å². The van der Waals surface area contributed by atoms with Gasteiger partial charge in [-0.3, -0.25) is 4.79 Å². The number of hydrogen-bond donors (Lipinski definition) is 1. The van der Waals surface area contributed by atoms with Crippen molar-refractivity contribution in [2.24, 2.45) is 0 Å². The number of carbonyl (C=O) groups excluding carboxylic acids is 1. The van der Waals surface area contributed by atoms with Gasteiger partial charge in [0.2, 0.25) is 0 Å². The second-order valence-electron chi connectivity index (χ2n) is 3.92. The third-order valence-corrected chi connectivity index (χ3v) is 3.00. The molecular weight excluding hydrogens is 218 g/mol. The first-order valence-corrected chi connectivity index (χ1v) is 5.25. The standard InChI is InChI=1S/C13H9NO3/c15-12(13(16)17)11-8-4-1-2-5-9(8)14-7-3-6-10(11)14/h1-6H,7H2,(H,16,17). The largest absolute Gasteiger partial charge is 0.475 e. The number of carbonyl (C=O) groups is 2. The van der Waals surface area contributed by atoms with E-state index in [1.165, 1.54) is 0 Å². The van der Waals surface area contributed by atoms with Crippen LogP contribution in [0.4, 0.5) is 0 Å². The van der Waals surface area contributed by atoms with Gasteiger partial charge in [0.1, 0.15) is 0 Å². The summed E-state index contributed by atoms with van der Waals surface area (Å²) < 4.78 is 1.95. The van der Waals surface area contributed by atoms with Gasteiger partial charge < -0.3 is 9.67 Å². The molecule has 0 unspecified atom stereocenters. The van der Waals surface area contributed by atoms with Crippen molar-refractivity contribution >= 4 is 28.7 Å². The van der Waals surface area contributed by atoms with E-state index in [1.54, 1.807) is 18.2 Å². The summed E-state index contributed by atoms with van der Waals surface area (Å²) in [7, 11) is 0. The molecule has 3 rings (SSSR count). The van der Waals surface area contributed by atoms with Gasteiger partial charge in [-0.1, -0.05) is 24.3 Å². The quantitative estimate of drug-likeness (QED) is 0.630. The van der Waals surface area contributed by atoms with E-state index in [2.05, 4.69) is 0 Å². The van der Waals surface area contributed by atoms with Gasteiger partial charge in [0.05, 0.1) is 11.3 Å². The summed E-state index contributed by atoms with van der Waals surface area (Å²) in [5, 5.41) is 9.57. The van der Waals surface area contributed by atoms with Crippen LogP contribution < -0.4 is 0 Å². The SMILES string of the molecule is O=C(O)C(=O)c1c2n(c3ccccc13)CC=C2. The van der Waals surface area contributed by atoms with Crippen LogP contribution in [0, 0.1) is 0 Å². The maximum atomic E-state index is 11.7. The summed E-state index contributed by atoms with van der Waals surface area (Å²) in [6, 6.07) is 7.36. The predicted octanol–water partition coefficient (Wildman–Crippen LogP) is 1.94. The fourth-order valence-electron chi connectivity index (χ4n) is 2.31. The Kier molecular flexibility index (Phi) is 1.92. The highest BCUT2D eigenvalue weighted by Crippen LogP contribution is 2.30. The van der Waals surface area contributed by atoms with Gasteiger partial charge in [0, 0.05) is 17.4 Å². The summed E-state index contributed by atoms with van der Waals surface area (Å²) >= 11 is 0. The molecule has 17 heavy (non-hydrogen) atoms. The third-order valence-electron chi connectivity index (χ3n) is 3.00. The number of para-hydroxylation sites is 1. The fraction of sp³-hybridized carbons (Fsp3) is 0.0769. The van der Waals surface area contributed by atoms with Crippen molar-refractivity contribution in [1.29, 1.82) is 0 Å². The molecule has 0 saturated heterocycles. The van der Waals surface area contributed by atoms with Gasteiger partial charge in [-0.15, -0.1) is 0 Å². The average Bonchev–Trinajstić information content (AvgIpc) is 2.87. The Labute approximate surface area is 96.8 Å². The number of aliphatic carboxylic acids is 1. The Bertz CT molecular complexity index is 679. The highest BCUT2D eigenvalue weighted by atomic mass is 16.4. The van der Waals surface area contributed by atoms with Gasteiger partial charge in [-0.25, -0.2) is 4.79 Å². The zero-order valence-corrected chi connectivity index (χ0v) is 8.88. The molecular formula is C13H9NO3. The topological polar surface area (TPSA) is 59.3 Å². The molecule has 0 spiro atoms. The molecule has 84 valence electrons. The Morgan fingerprint density at radius 2 is 2.00 bits per heavy atom. The van der Waals surface area contributed by atoms with E-state index in [1.807, 2.05) is 22.8 Å². The number of fused-ring (bicyclic) bond motifs is 3. The number of carboxylic acid groups (broad SMARTS) is 1. The highest BCUT2D eigenvalue weighted by molar-refractivity contribution is 6.43. The lowest BCUT2D eigenvalue weighted by atomic mass is 10.1. The van der Waals surface area contributed by atoms with E-state index in [9.17, 15) is 9.59 Å². The van der Waals surface area contributed by atoms with E-state index in [4.69, 9.17) is 5.11 Å². The summed E-state index contributed by atoms with van der Waals surface area (Å²) in [5.41, 5.74) is 1.89. The average molecular weight is 227 g/mol. The van der Waals surface area contributed by atoms with E-state index in [-0.39, 0.29) is 0 Å². The molecule has 0 amide bonds. The minimum Gasteiger partial charge on any atom is -0.475 e. The molecule has 0 saturated carbocycles. The molecule has 0 aliphatic carbocycles. The normalized spacial score (nSPS) is 12.9. The molecule has 1 aromatic heterocycles. The predicted molar refractivity (Wildman–Crippen MR) is 62.9 cm³/mol. The second-order valence-corrected chi connectivity index (χ2v) is 3.92. The number of Topliss-reactive ketones (excluding diaryl/α,β-unsaturated/α-hetero) is 1. The van der Waals surface area contributed by atoms with Crippen LogP contribution in [0.3, 0.4) is 0 Å². The number of allylic oxidation sites excluding steroid dienone is 1. The zero-order valence-electron chi connectivity index (χ0n) is 8.88. The first-order valence-electron chi connectivity index (χ1n) is 5.25. The van der Waals surface area contributed by atoms with E-state index < -0.39 is 11.8 Å². The minimum atomic E-state index is -1.41. The van der Waals surface area contributed by atoms with Crippen molar-refractivity contribution in [3.8, 4) is 0 Å². The monoisotopic (exact) mass is 227 g/mol. The molecule has 4 heteroatoms. The molecule has 1 aliphatic heterocycles. The summed E-state index contributed by atoms with van der Waals surface area (Å²) in [4.78, 5) is 22.6. The van der Waals surface area contributed by atoms with Crippen LogP contribution in [0.5, 0.6) is 0 Å². The molecule has 2 heterocycles. The number of carboxylic acids is 1. The molecule has 4 nitrogen and oxygen atoms in total. The molecule has 1 aromatic carbocycles. The van der Waals surface area contributed by atoms with Crippen LogP contribution in [0.25, 0.3) is 17.0 Å². The van der Waals surface area contributed by atoms with Crippen LogP contribution in [0.2, 0.25) is 0 Å². The maximum absolute atomic E-state index is 11.7. The van der Waals surface area contributed by atoms with Crippen LogP contribution >= 0.6 is 0 Å². The molecule has 0 radical (unpaired) electrons. The number of nitrogens with zero attached hydrogens (tertiary/aromatic N) is 1. The van der Waals surface area contributed by atoms with Crippen molar-refractivity contribution in [2.45, 2.75) is 6.54 Å². The number of aromatic nitrogens is 1. The van der Waals surface area contributed by atoms with Gasteiger partial charge in [0.25, 0.3) is 5.78 Å². The zero-order chi connectivity index (χ0) is 12.0.